The number of benzene rings is 2. The van der Waals surface area contributed by atoms with Crippen LogP contribution in [-0.4, -0.2) is 37.8 Å². The second-order valence-electron chi connectivity index (χ2n) is 5.38. The predicted molar refractivity (Wildman–Crippen MR) is 97.7 cm³/mol. The van der Waals surface area contributed by atoms with Gasteiger partial charge in [0.2, 0.25) is 17.0 Å². The molecule has 132 valence electrons. The topological polar surface area (TPSA) is 116 Å². The van der Waals surface area contributed by atoms with E-state index < -0.39 is 5.91 Å². The van der Waals surface area contributed by atoms with E-state index >= 15 is 0 Å². The fourth-order valence-electron chi connectivity index (χ4n) is 2.20. The van der Waals surface area contributed by atoms with Crippen LogP contribution in [0.25, 0.3) is 0 Å². The van der Waals surface area contributed by atoms with Crippen molar-refractivity contribution in [3.05, 3.63) is 65.7 Å². The van der Waals surface area contributed by atoms with Gasteiger partial charge in [-0.25, -0.2) is 4.68 Å². The summed E-state index contributed by atoms with van der Waals surface area (Å²) in [7, 11) is 0. The molecule has 9 heteroatoms. The van der Waals surface area contributed by atoms with E-state index in [1.807, 2.05) is 30.3 Å². The molecule has 0 fully saturated rings. The Morgan fingerprint density at radius 1 is 1.08 bits per heavy atom. The van der Waals surface area contributed by atoms with E-state index in [2.05, 4.69) is 20.8 Å². The summed E-state index contributed by atoms with van der Waals surface area (Å²) in [6, 6.07) is 16.2. The van der Waals surface area contributed by atoms with Gasteiger partial charge in [-0.05, 0) is 40.3 Å². The standard InChI is InChI=1S/C17H16N6O2S/c18-16(25)13-6-8-14(9-7-13)19-15(24)11-26-17-20-21-22-23(17)10-12-4-2-1-3-5-12/h1-9H,10-11H2,(H2,18,25)(H,19,24). The summed E-state index contributed by atoms with van der Waals surface area (Å²) in [5.41, 5.74) is 7.23. The molecule has 1 aromatic heterocycles. The lowest BCUT2D eigenvalue weighted by atomic mass is 10.2. The highest BCUT2D eigenvalue weighted by Crippen LogP contribution is 2.16. The zero-order chi connectivity index (χ0) is 18.4. The van der Waals surface area contributed by atoms with Crippen molar-refractivity contribution in [1.82, 2.24) is 20.2 Å². The van der Waals surface area contributed by atoms with Crippen molar-refractivity contribution < 1.29 is 9.59 Å². The molecule has 3 N–H and O–H groups in total. The average molecular weight is 368 g/mol. The van der Waals surface area contributed by atoms with Gasteiger partial charge in [-0.15, -0.1) is 5.10 Å². The number of aromatic nitrogens is 4. The number of carbonyl (C=O) groups is 2. The molecule has 0 saturated carbocycles. The summed E-state index contributed by atoms with van der Waals surface area (Å²) in [5.74, 6) is -0.549. The zero-order valence-corrected chi connectivity index (χ0v) is 14.5. The van der Waals surface area contributed by atoms with Crippen LogP contribution in [-0.2, 0) is 11.3 Å². The van der Waals surface area contributed by atoms with E-state index in [1.165, 1.54) is 11.8 Å². The molecule has 0 aliphatic rings. The minimum Gasteiger partial charge on any atom is -0.366 e. The quantitative estimate of drug-likeness (QED) is 0.611. The number of primary amides is 1. The molecule has 8 nitrogen and oxygen atoms in total. The number of hydrogen-bond donors (Lipinski definition) is 2. The number of tetrazole rings is 1. The highest BCUT2D eigenvalue weighted by atomic mass is 32.2. The van der Waals surface area contributed by atoms with Crippen molar-refractivity contribution in [2.75, 3.05) is 11.1 Å². The molecular formula is C17H16N6O2S. The van der Waals surface area contributed by atoms with Crippen LogP contribution in [0.5, 0.6) is 0 Å². The van der Waals surface area contributed by atoms with Crippen LogP contribution in [0.15, 0.2) is 59.8 Å². The minimum absolute atomic E-state index is 0.159. The number of rotatable bonds is 7. The lowest BCUT2D eigenvalue weighted by Crippen LogP contribution is -2.15. The Labute approximate surface area is 153 Å². The largest absolute Gasteiger partial charge is 0.366 e. The van der Waals surface area contributed by atoms with Crippen molar-refractivity contribution in [3.8, 4) is 0 Å². The normalized spacial score (nSPS) is 10.5. The van der Waals surface area contributed by atoms with E-state index in [9.17, 15) is 9.59 Å². The minimum atomic E-state index is -0.510. The fourth-order valence-corrected chi connectivity index (χ4v) is 2.88. The smallest absolute Gasteiger partial charge is 0.248 e. The molecule has 0 radical (unpaired) electrons. The molecule has 0 aliphatic heterocycles. The van der Waals surface area contributed by atoms with Crippen LogP contribution in [0.3, 0.4) is 0 Å². The van der Waals surface area contributed by atoms with Crippen LogP contribution >= 0.6 is 11.8 Å². The third-order valence-corrected chi connectivity index (χ3v) is 4.42. The van der Waals surface area contributed by atoms with Crippen molar-refractivity contribution in [1.29, 1.82) is 0 Å². The van der Waals surface area contributed by atoms with Gasteiger partial charge in [-0.3, -0.25) is 9.59 Å². The second kappa shape index (κ2) is 8.26. The Balaban J connectivity index is 1.55. The zero-order valence-electron chi connectivity index (χ0n) is 13.7. The molecular weight excluding hydrogens is 352 g/mol. The Bertz CT molecular complexity index is 895. The Kier molecular flexibility index (Phi) is 5.59. The molecule has 26 heavy (non-hydrogen) atoms. The average Bonchev–Trinajstić information content (AvgIpc) is 3.08. The SMILES string of the molecule is NC(=O)c1ccc(NC(=O)CSc2nnnn2Cc2ccccc2)cc1. The second-order valence-corrected chi connectivity index (χ2v) is 6.33. The van der Waals surface area contributed by atoms with Crippen LogP contribution in [0.2, 0.25) is 0 Å². The van der Waals surface area contributed by atoms with Crippen LogP contribution < -0.4 is 11.1 Å². The van der Waals surface area contributed by atoms with Gasteiger partial charge in [0, 0.05) is 11.3 Å². The van der Waals surface area contributed by atoms with Crippen molar-refractivity contribution in [2.45, 2.75) is 11.7 Å². The number of carbonyl (C=O) groups excluding carboxylic acids is 2. The fraction of sp³-hybridized carbons (Fsp3) is 0.118. The van der Waals surface area contributed by atoms with E-state index in [0.717, 1.165) is 5.56 Å². The maximum absolute atomic E-state index is 12.1. The van der Waals surface area contributed by atoms with Gasteiger partial charge >= 0.3 is 0 Å². The van der Waals surface area contributed by atoms with Gasteiger partial charge in [0.1, 0.15) is 0 Å². The molecule has 2 aromatic carbocycles. The van der Waals surface area contributed by atoms with Gasteiger partial charge in [-0.2, -0.15) is 0 Å². The molecule has 0 unspecified atom stereocenters. The summed E-state index contributed by atoms with van der Waals surface area (Å²) in [6.45, 7) is 0.534. The van der Waals surface area contributed by atoms with E-state index in [0.29, 0.717) is 23.0 Å². The lowest BCUT2D eigenvalue weighted by molar-refractivity contribution is -0.113. The van der Waals surface area contributed by atoms with Gasteiger partial charge < -0.3 is 11.1 Å². The third kappa shape index (κ3) is 4.67. The predicted octanol–water partition coefficient (Wildman–Crippen LogP) is 1.55. The summed E-state index contributed by atoms with van der Waals surface area (Å²) >= 11 is 1.25. The van der Waals surface area contributed by atoms with E-state index in [1.54, 1.807) is 28.9 Å². The summed E-state index contributed by atoms with van der Waals surface area (Å²) < 4.78 is 1.65. The number of anilines is 1. The van der Waals surface area contributed by atoms with Gasteiger partial charge in [0.15, 0.2) is 0 Å². The first-order chi connectivity index (χ1) is 12.6. The number of nitrogens with one attached hydrogen (secondary N) is 1. The van der Waals surface area contributed by atoms with Crippen LogP contribution in [0.4, 0.5) is 5.69 Å². The van der Waals surface area contributed by atoms with E-state index in [-0.39, 0.29) is 11.7 Å². The molecule has 3 rings (SSSR count). The Morgan fingerprint density at radius 2 is 1.81 bits per heavy atom. The Morgan fingerprint density at radius 3 is 2.50 bits per heavy atom. The van der Waals surface area contributed by atoms with Gasteiger partial charge in [-0.1, -0.05) is 42.1 Å². The molecule has 0 bridgehead atoms. The maximum Gasteiger partial charge on any atom is 0.248 e. The van der Waals surface area contributed by atoms with Crippen molar-refractivity contribution >= 4 is 29.3 Å². The number of hydrogen-bond acceptors (Lipinski definition) is 6. The van der Waals surface area contributed by atoms with Gasteiger partial charge in [0.25, 0.3) is 0 Å². The first-order valence-electron chi connectivity index (χ1n) is 7.74. The van der Waals surface area contributed by atoms with E-state index in [4.69, 9.17) is 5.73 Å². The number of nitrogens with two attached hydrogens (primary N) is 1. The summed E-state index contributed by atoms with van der Waals surface area (Å²) in [5, 5.41) is 14.9. The molecule has 0 saturated heterocycles. The van der Waals surface area contributed by atoms with Crippen LogP contribution in [0.1, 0.15) is 15.9 Å². The first kappa shape index (κ1) is 17.6. The lowest BCUT2D eigenvalue weighted by Gasteiger charge is -2.06. The molecule has 3 aromatic rings. The van der Waals surface area contributed by atoms with Crippen molar-refractivity contribution in [3.63, 3.8) is 0 Å². The third-order valence-electron chi connectivity index (χ3n) is 3.46. The van der Waals surface area contributed by atoms with Crippen molar-refractivity contribution in [2.24, 2.45) is 5.73 Å². The van der Waals surface area contributed by atoms with Gasteiger partial charge in [0.05, 0.1) is 12.3 Å². The summed E-state index contributed by atoms with van der Waals surface area (Å²) in [6.07, 6.45) is 0. The van der Waals surface area contributed by atoms with Crippen LogP contribution in [0, 0.1) is 0 Å². The molecule has 2 amide bonds. The highest BCUT2D eigenvalue weighted by molar-refractivity contribution is 7.99. The monoisotopic (exact) mass is 368 g/mol. The molecule has 0 aliphatic carbocycles. The molecule has 1 heterocycles. The first-order valence-corrected chi connectivity index (χ1v) is 8.73. The maximum atomic E-state index is 12.1. The number of amides is 2. The summed E-state index contributed by atoms with van der Waals surface area (Å²) in [4.78, 5) is 23.1. The Hall–Kier alpha value is -3.20. The number of nitrogens with zero attached hydrogens (tertiary/aromatic N) is 4. The molecule has 0 atom stereocenters. The molecule has 0 spiro atoms. The highest BCUT2D eigenvalue weighted by Gasteiger charge is 2.11. The number of thioether (sulfide) groups is 1.